The molecule has 0 spiro atoms. The third kappa shape index (κ3) is 3.36. The molecule has 1 aliphatic heterocycles. The van der Waals surface area contributed by atoms with Crippen LogP contribution in [0.1, 0.15) is 23.8 Å². The molecule has 0 bridgehead atoms. The summed E-state index contributed by atoms with van der Waals surface area (Å²) >= 11 is 0. The Kier molecular flexibility index (Phi) is 4.63. The third-order valence-corrected chi connectivity index (χ3v) is 4.87. The number of aryl methyl sites for hydroxylation is 1. The topological polar surface area (TPSA) is 67.8 Å². The second-order valence-corrected chi connectivity index (χ2v) is 6.49. The number of nitrogens with one attached hydrogen (secondary N) is 2. The van der Waals surface area contributed by atoms with Crippen LogP contribution in [0, 0.1) is 5.92 Å². The minimum absolute atomic E-state index is 0.123. The Morgan fingerprint density at radius 1 is 1.28 bits per heavy atom. The molecule has 2 atom stereocenters. The zero-order valence-corrected chi connectivity index (χ0v) is 14.4. The van der Waals surface area contributed by atoms with Gasteiger partial charge in [-0.25, -0.2) is 0 Å². The van der Waals surface area contributed by atoms with E-state index in [4.69, 9.17) is 4.74 Å². The first-order chi connectivity index (χ1) is 12.3. The van der Waals surface area contributed by atoms with Gasteiger partial charge >= 0.3 is 0 Å². The van der Waals surface area contributed by atoms with Crippen molar-refractivity contribution < 1.29 is 4.74 Å². The molecule has 6 heteroatoms. The summed E-state index contributed by atoms with van der Waals surface area (Å²) in [6.45, 7) is 2.51. The van der Waals surface area contributed by atoms with E-state index in [2.05, 4.69) is 32.7 Å². The van der Waals surface area contributed by atoms with E-state index in [1.165, 1.54) is 5.56 Å². The molecule has 1 saturated heterocycles. The highest BCUT2D eigenvalue weighted by molar-refractivity contribution is 5.62. The van der Waals surface area contributed by atoms with E-state index in [1.54, 1.807) is 0 Å². The van der Waals surface area contributed by atoms with E-state index in [0.717, 1.165) is 43.1 Å². The molecule has 1 aromatic carbocycles. The maximum Gasteiger partial charge on any atom is 0.103 e. The van der Waals surface area contributed by atoms with Crippen LogP contribution in [-0.2, 0) is 18.3 Å². The van der Waals surface area contributed by atoms with Crippen LogP contribution in [0.2, 0.25) is 0 Å². The number of benzene rings is 1. The number of rotatable bonds is 6. The van der Waals surface area contributed by atoms with Crippen molar-refractivity contribution in [1.29, 1.82) is 0 Å². The lowest BCUT2D eigenvalue weighted by molar-refractivity contribution is 0.0838. The molecule has 3 heterocycles. The number of aromatic nitrogens is 4. The predicted molar refractivity (Wildman–Crippen MR) is 95.7 cm³/mol. The zero-order valence-electron chi connectivity index (χ0n) is 14.4. The summed E-state index contributed by atoms with van der Waals surface area (Å²) in [5, 5.41) is 15.2. The van der Waals surface area contributed by atoms with E-state index < -0.39 is 0 Å². The van der Waals surface area contributed by atoms with Crippen molar-refractivity contribution in [3.63, 3.8) is 0 Å². The SMILES string of the molecule is Cn1nccc1[C@@H]1OCC[C@H]1CNCc1cn[nH]c1-c1ccccc1. The number of hydrogen-bond donors (Lipinski definition) is 2. The minimum atomic E-state index is 0.123. The molecule has 25 heavy (non-hydrogen) atoms. The zero-order chi connectivity index (χ0) is 17.1. The van der Waals surface area contributed by atoms with Gasteiger partial charge in [0.25, 0.3) is 0 Å². The van der Waals surface area contributed by atoms with Gasteiger partial charge in [-0.2, -0.15) is 10.2 Å². The van der Waals surface area contributed by atoms with Gasteiger partial charge in [0.2, 0.25) is 0 Å². The molecular weight excluding hydrogens is 314 g/mol. The Hall–Kier alpha value is -2.44. The van der Waals surface area contributed by atoms with E-state index in [1.807, 2.05) is 48.4 Å². The molecule has 1 aliphatic rings. The lowest BCUT2D eigenvalue weighted by Gasteiger charge is -2.19. The van der Waals surface area contributed by atoms with Crippen molar-refractivity contribution in [1.82, 2.24) is 25.3 Å². The highest BCUT2D eigenvalue weighted by atomic mass is 16.5. The molecule has 3 aromatic rings. The van der Waals surface area contributed by atoms with Crippen LogP contribution in [0.15, 0.2) is 48.8 Å². The van der Waals surface area contributed by atoms with Crippen molar-refractivity contribution in [3.8, 4) is 11.3 Å². The molecule has 2 aromatic heterocycles. The lowest BCUT2D eigenvalue weighted by Crippen LogP contribution is -2.25. The molecule has 0 saturated carbocycles. The second-order valence-electron chi connectivity index (χ2n) is 6.49. The van der Waals surface area contributed by atoms with Crippen molar-refractivity contribution in [2.45, 2.75) is 19.1 Å². The Labute approximate surface area is 147 Å². The van der Waals surface area contributed by atoms with Gasteiger partial charge in [-0.15, -0.1) is 0 Å². The monoisotopic (exact) mass is 337 g/mol. The molecule has 6 nitrogen and oxygen atoms in total. The maximum absolute atomic E-state index is 5.95. The van der Waals surface area contributed by atoms with Crippen LogP contribution in [-0.4, -0.2) is 33.1 Å². The van der Waals surface area contributed by atoms with Gasteiger partial charge in [0, 0.05) is 44.4 Å². The summed E-state index contributed by atoms with van der Waals surface area (Å²) in [6, 6.07) is 12.4. The predicted octanol–water partition coefficient (Wildman–Crippen LogP) is 2.68. The molecule has 0 radical (unpaired) electrons. The van der Waals surface area contributed by atoms with Crippen molar-refractivity contribution in [2.24, 2.45) is 13.0 Å². The third-order valence-electron chi connectivity index (χ3n) is 4.87. The molecule has 4 rings (SSSR count). The van der Waals surface area contributed by atoms with Crippen molar-refractivity contribution in [3.05, 3.63) is 60.0 Å². The van der Waals surface area contributed by atoms with Gasteiger partial charge in [0.1, 0.15) is 6.10 Å². The molecule has 1 fully saturated rings. The van der Waals surface area contributed by atoms with Gasteiger partial charge in [-0.05, 0) is 18.1 Å². The van der Waals surface area contributed by atoms with Gasteiger partial charge in [0.05, 0.1) is 17.6 Å². The van der Waals surface area contributed by atoms with Gasteiger partial charge in [0.15, 0.2) is 0 Å². The largest absolute Gasteiger partial charge is 0.372 e. The number of ether oxygens (including phenoxy) is 1. The maximum atomic E-state index is 5.95. The number of nitrogens with zero attached hydrogens (tertiary/aromatic N) is 3. The van der Waals surface area contributed by atoms with Crippen LogP contribution in [0.4, 0.5) is 0 Å². The summed E-state index contributed by atoms with van der Waals surface area (Å²) in [7, 11) is 1.97. The fraction of sp³-hybridized carbons (Fsp3) is 0.368. The Bertz CT molecular complexity index is 810. The first kappa shape index (κ1) is 16.1. The first-order valence-corrected chi connectivity index (χ1v) is 8.71. The quantitative estimate of drug-likeness (QED) is 0.726. The summed E-state index contributed by atoms with van der Waals surface area (Å²) in [6.07, 6.45) is 4.93. The summed E-state index contributed by atoms with van der Waals surface area (Å²) in [5.41, 5.74) is 4.58. The summed E-state index contributed by atoms with van der Waals surface area (Å²) in [5.74, 6) is 0.461. The lowest BCUT2D eigenvalue weighted by atomic mass is 9.98. The summed E-state index contributed by atoms with van der Waals surface area (Å²) < 4.78 is 7.86. The van der Waals surface area contributed by atoms with Crippen LogP contribution in [0.5, 0.6) is 0 Å². The van der Waals surface area contributed by atoms with Crippen molar-refractivity contribution in [2.75, 3.05) is 13.2 Å². The average Bonchev–Trinajstić information content (AvgIpc) is 3.36. The van der Waals surface area contributed by atoms with Gasteiger partial charge in [-0.1, -0.05) is 30.3 Å². The van der Waals surface area contributed by atoms with E-state index >= 15 is 0 Å². The van der Waals surface area contributed by atoms with E-state index in [-0.39, 0.29) is 6.10 Å². The molecule has 0 amide bonds. The number of H-pyrrole nitrogens is 1. The Morgan fingerprint density at radius 3 is 2.96 bits per heavy atom. The highest BCUT2D eigenvalue weighted by Gasteiger charge is 2.31. The number of aromatic amines is 1. The molecule has 2 N–H and O–H groups in total. The van der Waals surface area contributed by atoms with E-state index in [0.29, 0.717) is 5.92 Å². The van der Waals surface area contributed by atoms with Crippen molar-refractivity contribution >= 4 is 0 Å². The van der Waals surface area contributed by atoms with Gasteiger partial charge < -0.3 is 10.1 Å². The molecule has 0 unspecified atom stereocenters. The van der Waals surface area contributed by atoms with Crippen LogP contribution in [0.25, 0.3) is 11.3 Å². The molecular formula is C19H23N5O. The smallest absolute Gasteiger partial charge is 0.103 e. The highest BCUT2D eigenvalue weighted by Crippen LogP contribution is 2.33. The fourth-order valence-corrected chi connectivity index (χ4v) is 3.53. The second kappa shape index (κ2) is 7.21. The van der Waals surface area contributed by atoms with Gasteiger partial charge in [-0.3, -0.25) is 9.78 Å². The molecule has 130 valence electrons. The normalized spacial score (nSPS) is 20.2. The minimum Gasteiger partial charge on any atom is -0.372 e. The standard InChI is InChI=1S/C19H23N5O/c1-24-17(7-9-22-24)19-15(8-10-25-19)11-20-12-16-13-21-23-18(16)14-5-3-2-4-6-14/h2-7,9,13,15,19-20H,8,10-12H2,1H3,(H,21,23)/t15-,19+/m0/s1. The average molecular weight is 337 g/mol. The Balaban J connectivity index is 1.39. The number of hydrogen-bond acceptors (Lipinski definition) is 4. The summed E-state index contributed by atoms with van der Waals surface area (Å²) in [4.78, 5) is 0. The Morgan fingerprint density at radius 2 is 2.16 bits per heavy atom. The van der Waals surface area contributed by atoms with Crippen LogP contribution in [0.3, 0.4) is 0 Å². The van der Waals surface area contributed by atoms with Crippen LogP contribution < -0.4 is 5.32 Å². The first-order valence-electron chi connectivity index (χ1n) is 8.71. The fourth-order valence-electron chi connectivity index (χ4n) is 3.53. The van der Waals surface area contributed by atoms with Crippen LogP contribution >= 0.6 is 0 Å². The van der Waals surface area contributed by atoms with E-state index in [9.17, 15) is 0 Å². The molecule has 0 aliphatic carbocycles.